The minimum Gasteiger partial charge on any atom is -0.384 e. The predicted octanol–water partition coefficient (Wildman–Crippen LogP) is 1.10. The molecule has 0 saturated carbocycles. The lowest BCUT2D eigenvalue weighted by Gasteiger charge is -2.03. The fraction of sp³-hybridized carbons (Fsp3) is 1.00. The van der Waals surface area contributed by atoms with Crippen LogP contribution in [0.5, 0.6) is 0 Å². The summed E-state index contributed by atoms with van der Waals surface area (Å²) >= 11 is 1.90. The van der Waals surface area contributed by atoms with Crippen molar-refractivity contribution in [2.45, 2.75) is 19.4 Å². The van der Waals surface area contributed by atoms with E-state index >= 15 is 0 Å². The number of rotatable bonds is 6. The van der Waals surface area contributed by atoms with Crippen molar-refractivity contribution in [2.24, 2.45) is 5.73 Å². The second kappa shape index (κ2) is 7.38. The Balaban J connectivity index is 2.77. The lowest BCUT2D eigenvalue weighted by Crippen LogP contribution is -2.15. The first-order valence-electron chi connectivity index (χ1n) is 3.59. The van der Waals surface area contributed by atoms with Crippen molar-refractivity contribution in [1.82, 2.24) is 0 Å². The summed E-state index contributed by atoms with van der Waals surface area (Å²) in [7, 11) is 1.73. The Hall–Kier alpha value is 0.270. The van der Waals surface area contributed by atoms with Crippen molar-refractivity contribution >= 4 is 11.8 Å². The molecule has 0 rings (SSSR count). The van der Waals surface area contributed by atoms with Crippen LogP contribution in [0, 0.1) is 0 Å². The molecule has 0 aromatic carbocycles. The van der Waals surface area contributed by atoms with Gasteiger partial charge < -0.3 is 10.5 Å². The molecular formula is C7H17NOS. The summed E-state index contributed by atoms with van der Waals surface area (Å²) in [4.78, 5) is 0. The van der Waals surface area contributed by atoms with E-state index in [1.807, 2.05) is 18.7 Å². The Morgan fingerprint density at radius 2 is 2.20 bits per heavy atom. The average molecular weight is 163 g/mol. The van der Waals surface area contributed by atoms with Gasteiger partial charge in [-0.2, -0.15) is 11.8 Å². The molecule has 0 aliphatic carbocycles. The minimum absolute atomic E-state index is 0.343. The van der Waals surface area contributed by atoms with Crippen LogP contribution < -0.4 is 5.73 Å². The lowest BCUT2D eigenvalue weighted by atomic mass is 10.3. The van der Waals surface area contributed by atoms with Crippen LogP contribution in [0.4, 0.5) is 0 Å². The molecule has 0 heterocycles. The maximum absolute atomic E-state index is 5.56. The van der Waals surface area contributed by atoms with Crippen LogP contribution in [0.1, 0.15) is 13.3 Å². The number of nitrogens with two attached hydrogens (primary N) is 1. The Bertz CT molecular complexity index is 68.6. The van der Waals surface area contributed by atoms with E-state index in [0.29, 0.717) is 6.04 Å². The molecular weight excluding hydrogens is 146 g/mol. The van der Waals surface area contributed by atoms with Crippen molar-refractivity contribution in [3.63, 3.8) is 0 Å². The van der Waals surface area contributed by atoms with Crippen LogP contribution in [0.25, 0.3) is 0 Å². The third-order valence-electron chi connectivity index (χ3n) is 1.15. The van der Waals surface area contributed by atoms with E-state index < -0.39 is 0 Å². The molecule has 3 heteroatoms. The van der Waals surface area contributed by atoms with Crippen LogP contribution in [-0.2, 0) is 4.74 Å². The van der Waals surface area contributed by atoms with E-state index in [1.165, 1.54) is 0 Å². The molecule has 2 nitrogen and oxygen atoms in total. The van der Waals surface area contributed by atoms with Gasteiger partial charge in [-0.05, 0) is 19.1 Å². The summed E-state index contributed by atoms with van der Waals surface area (Å²) in [5, 5.41) is 0. The molecule has 0 fully saturated rings. The third-order valence-corrected chi connectivity index (χ3v) is 2.13. The number of methoxy groups -OCH3 is 1. The van der Waals surface area contributed by atoms with Gasteiger partial charge in [0, 0.05) is 18.9 Å². The molecule has 0 saturated heterocycles. The third kappa shape index (κ3) is 8.27. The highest BCUT2D eigenvalue weighted by molar-refractivity contribution is 7.99. The van der Waals surface area contributed by atoms with Crippen LogP contribution >= 0.6 is 11.8 Å². The van der Waals surface area contributed by atoms with Gasteiger partial charge in [0.15, 0.2) is 0 Å². The normalized spacial score (nSPS) is 13.5. The highest BCUT2D eigenvalue weighted by Crippen LogP contribution is 2.02. The fourth-order valence-electron chi connectivity index (χ4n) is 0.514. The zero-order chi connectivity index (χ0) is 7.82. The number of hydrogen-bond acceptors (Lipinski definition) is 3. The molecule has 0 spiro atoms. The zero-order valence-electron chi connectivity index (χ0n) is 6.80. The van der Waals surface area contributed by atoms with Gasteiger partial charge in [-0.15, -0.1) is 0 Å². The lowest BCUT2D eigenvalue weighted by molar-refractivity contribution is 0.218. The summed E-state index contributed by atoms with van der Waals surface area (Å²) in [6, 6.07) is 0.343. The molecule has 0 aliphatic rings. The summed E-state index contributed by atoms with van der Waals surface area (Å²) in [5.74, 6) is 2.24. The SMILES string of the molecule is COCCSCCC(C)N. The molecule has 2 N–H and O–H groups in total. The van der Waals surface area contributed by atoms with Gasteiger partial charge >= 0.3 is 0 Å². The smallest absolute Gasteiger partial charge is 0.0552 e. The summed E-state index contributed by atoms with van der Waals surface area (Å²) in [6.45, 7) is 2.89. The van der Waals surface area contributed by atoms with Gasteiger partial charge in [0.05, 0.1) is 6.61 Å². The first-order valence-corrected chi connectivity index (χ1v) is 4.75. The second-order valence-corrected chi connectivity index (χ2v) is 3.60. The van der Waals surface area contributed by atoms with E-state index in [9.17, 15) is 0 Å². The maximum Gasteiger partial charge on any atom is 0.0552 e. The molecule has 0 radical (unpaired) electrons. The molecule has 62 valence electrons. The van der Waals surface area contributed by atoms with Gasteiger partial charge in [-0.3, -0.25) is 0 Å². The highest BCUT2D eigenvalue weighted by atomic mass is 32.2. The van der Waals surface area contributed by atoms with Crippen LogP contribution in [-0.4, -0.2) is 31.3 Å². The van der Waals surface area contributed by atoms with Crippen molar-refractivity contribution in [2.75, 3.05) is 25.2 Å². The van der Waals surface area contributed by atoms with Crippen LogP contribution in [0.3, 0.4) is 0 Å². The number of hydrogen-bond donors (Lipinski definition) is 1. The van der Waals surface area contributed by atoms with Crippen molar-refractivity contribution < 1.29 is 4.74 Å². The quantitative estimate of drug-likeness (QED) is 0.596. The summed E-state index contributed by atoms with van der Waals surface area (Å²) in [6.07, 6.45) is 1.11. The van der Waals surface area contributed by atoms with E-state index in [2.05, 4.69) is 0 Å². The highest BCUT2D eigenvalue weighted by Gasteiger charge is 1.93. The maximum atomic E-state index is 5.56. The minimum atomic E-state index is 0.343. The molecule has 0 amide bonds. The summed E-state index contributed by atoms with van der Waals surface area (Å²) < 4.78 is 4.90. The van der Waals surface area contributed by atoms with Crippen molar-refractivity contribution in [1.29, 1.82) is 0 Å². The first-order chi connectivity index (χ1) is 4.77. The monoisotopic (exact) mass is 163 g/mol. The largest absolute Gasteiger partial charge is 0.384 e. The van der Waals surface area contributed by atoms with Crippen molar-refractivity contribution in [3.05, 3.63) is 0 Å². The predicted molar refractivity (Wildman–Crippen MR) is 47.5 cm³/mol. The average Bonchev–Trinajstić information content (AvgIpc) is 1.87. The van der Waals surface area contributed by atoms with E-state index in [0.717, 1.165) is 24.5 Å². The van der Waals surface area contributed by atoms with Gasteiger partial charge in [0.2, 0.25) is 0 Å². The fourth-order valence-corrected chi connectivity index (χ4v) is 1.54. The number of ether oxygens (including phenoxy) is 1. The van der Waals surface area contributed by atoms with Gasteiger partial charge in [0.1, 0.15) is 0 Å². The van der Waals surface area contributed by atoms with Gasteiger partial charge in [-0.1, -0.05) is 0 Å². The topological polar surface area (TPSA) is 35.2 Å². The first kappa shape index (κ1) is 10.3. The molecule has 10 heavy (non-hydrogen) atoms. The number of thioether (sulfide) groups is 1. The van der Waals surface area contributed by atoms with E-state index in [4.69, 9.17) is 10.5 Å². The van der Waals surface area contributed by atoms with Gasteiger partial charge in [0.25, 0.3) is 0 Å². The van der Waals surface area contributed by atoms with E-state index in [1.54, 1.807) is 7.11 Å². The molecule has 0 aromatic heterocycles. The Labute approximate surface area is 67.5 Å². The Kier molecular flexibility index (Phi) is 7.58. The Morgan fingerprint density at radius 3 is 2.70 bits per heavy atom. The Morgan fingerprint density at radius 1 is 1.50 bits per heavy atom. The van der Waals surface area contributed by atoms with E-state index in [-0.39, 0.29) is 0 Å². The molecule has 0 aromatic rings. The van der Waals surface area contributed by atoms with Gasteiger partial charge in [-0.25, -0.2) is 0 Å². The van der Waals surface area contributed by atoms with Crippen LogP contribution in [0.15, 0.2) is 0 Å². The molecule has 1 unspecified atom stereocenters. The second-order valence-electron chi connectivity index (χ2n) is 2.37. The zero-order valence-corrected chi connectivity index (χ0v) is 7.62. The van der Waals surface area contributed by atoms with Crippen molar-refractivity contribution in [3.8, 4) is 0 Å². The molecule has 0 aliphatic heterocycles. The molecule has 1 atom stereocenters. The summed E-state index contributed by atoms with van der Waals surface area (Å²) in [5.41, 5.74) is 5.56. The molecule has 0 bridgehead atoms. The van der Waals surface area contributed by atoms with Crippen LogP contribution in [0.2, 0.25) is 0 Å². The standard InChI is InChI=1S/C7H17NOS/c1-7(8)3-5-10-6-4-9-2/h7H,3-6,8H2,1-2H3.